The van der Waals surface area contributed by atoms with E-state index >= 15 is 0 Å². The number of likely N-dealkylation sites (N-methyl/N-ethyl adjacent to an activating group) is 1. The van der Waals surface area contributed by atoms with Crippen LogP contribution in [0.2, 0.25) is 0 Å². The second-order valence-electron chi connectivity index (χ2n) is 9.71. The Hall–Kier alpha value is -4.03. The Balaban J connectivity index is 1.44. The molecule has 3 aromatic rings. The summed E-state index contributed by atoms with van der Waals surface area (Å²) >= 11 is 0. The van der Waals surface area contributed by atoms with E-state index in [-0.39, 0.29) is 11.6 Å². The van der Waals surface area contributed by atoms with Crippen LogP contribution in [0, 0.1) is 0 Å². The summed E-state index contributed by atoms with van der Waals surface area (Å²) in [6, 6.07) is 5.04. The monoisotopic (exact) mass is 518 g/mol. The van der Waals surface area contributed by atoms with Crippen molar-refractivity contribution in [1.29, 1.82) is 0 Å². The molecule has 5 heterocycles. The second-order valence-corrected chi connectivity index (χ2v) is 9.71. The van der Waals surface area contributed by atoms with E-state index in [1.54, 1.807) is 19.4 Å². The maximum absolute atomic E-state index is 12.3. The minimum Gasteiger partial charge on any atom is -0.494 e. The van der Waals surface area contributed by atoms with Crippen LogP contribution in [0.15, 0.2) is 48.0 Å². The van der Waals surface area contributed by atoms with Crippen molar-refractivity contribution in [3.05, 3.63) is 59.2 Å². The van der Waals surface area contributed by atoms with Gasteiger partial charge in [0.2, 0.25) is 5.95 Å². The summed E-state index contributed by atoms with van der Waals surface area (Å²) in [5.41, 5.74) is 1.76. The molecule has 5 rings (SSSR count). The zero-order valence-corrected chi connectivity index (χ0v) is 22.3. The molecule has 1 saturated heterocycles. The lowest BCUT2D eigenvalue weighted by Gasteiger charge is -2.34. The highest BCUT2D eigenvalue weighted by atomic mass is 16.5. The Morgan fingerprint density at radius 1 is 1.16 bits per heavy atom. The molecule has 0 radical (unpaired) electrons. The van der Waals surface area contributed by atoms with E-state index in [1.165, 1.54) is 10.7 Å². The number of rotatable bonds is 8. The number of pyridine rings is 1. The molecule has 0 bridgehead atoms. The number of anilines is 5. The van der Waals surface area contributed by atoms with Gasteiger partial charge in [-0.1, -0.05) is 6.08 Å². The molecule has 0 atom stereocenters. The van der Waals surface area contributed by atoms with Gasteiger partial charge in [-0.05, 0) is 27.0 Å². The average molecular weight is 519 g/mol. The lowest BCUT2D eigenvalue weighted by Crippen LogP contribution is -2.44. The van der Waals surface area contributed by atoms with Crippen molar-refractivity contribution in [1.82, 2.24) is 34.6 Å². The molecular weight excluding hydrogens is 484 g/mol. The van der Waals surface area contributed by atoms with E-state index < -0.39 is 0 Å². The number of nitrogens with one attached hydrogen (secondary N) is 1. The van der Waals surface area contributed by atoms with Crippen LogP contribution in [0.5, 0.6) is 5.75 Å². The first-order chi connectivity index (χ1) is 18.4. The van der Waals surface area contributed by atoms with Crippen molar-refractivity contribution >= 4 is 29.1 Å². The molecule has 0 saturated carbocycles. The van der Waals surface area contributed by atoms with Crippen LogP contribution < -0.4 is 25.5 Å². The van der Waals surface area contributed by atoms with Gasteiger partial charge in [0.05, 0.1) is 25.0 Å². The van der Waals surface area contributed by atoms with Gasteiger partial charge in [-0.3, -0.25) is 4.79 Å². The van der Waals surface area contributed by atoms with Crippen LogP contribution in [0.1, 0.15) is 25.5 Å². The van der Waals surface area contributed by atoms with E-state index in [0.717, 1.165) is 43.2 Å². The second kappa shape index (κ2) is 10.8. The Morgan fingerprint density at radius 3 is 2.66 bits per heavy atom. The van der Waals surface area contributed by atoms with Crippen LogP contribution in [-0.4, -0.2) is 81.5 Å². The number of hydrazine groups is 1. The molecule has 38 heavy (non-hydrogen) atoms. The predicted molar refractivity (Wildman–Crippen MR) is 147 cm³/mol. The third kappa shape index (κ3) is 5.04. The number of hydrogen-bond acceptors (Lipinski definition) is 11. The molecule has 2 aliphatic heterocycles. The molecule has 0 spiro atoms. The number of aromatic nitrogens is 5. The highest BCUT2D eigenvalue weighted by molar-refractivity contribution is 5.66. The first-order valence-corrected chi connectivity index (χ1v) is 12.7. The largest absolute Gasteiger partial charge is 0.494 e. The fraction of sp³-hybridized carbons (Fsp3) is 0.423. The summed E-state index contributed by atoms with van der Waals surface area (Å²) in [4.78, 5) is 30.9. The molecular formula is C26H34N10O2. The predicted octanol–water partition coefficient (Wildman–Crippen LogP) is 2.57. The van der Waals surface area contributed by atoms with Gasteiger partial charge in [0.15, 0.2) is 11.6 Å². The lowest BCUT2D eigenvalue weighted by molar-refractivity contribution is 0.311. The van der Waals surface area contributed by atoms with Gasteiger partial charge in [-0.15, -0.1) is 11.7 Å². The standard InChI is InChI=1S/C26H34N10O2/c1-6-9-34-17-19-15-28-26(30-25(19)36(34)23-7-8-24(37)35(31-23)18(2)3)29-22-14-21(38-5)20(16-27-22)33-12-10-32(4)11-13-33/h6-8,14-16,18H,1,9-13,17H2,2-5H3,(H,27,28,29,30). The van der Waals surface area contributed by atoms with Crippen molar-refractivity contribution in [2.75, 3.05) is 62.1 Å². The number of methoxy groups -OCH3 is 1. The highest BCUT2D eigenvalue weighted by Crippen LogP contribution is 2.36. The van der Waals surface area contributed by atoms with E-state index in [1.807, 2.05) is 37.2 Å². The zero-order valence-electron chi connectivity index (χ0n) is 22.3. The summed E-state index contributed by atoms with van der Waals surface area (Å²) in [5, 5.41) is 11.8. The smallest absolute Gasteiger partial charge is 0.267 e. The number of fused-ring (bicyclic) bond motifs is 1. The molecule has 1 N–H and O–H groups in total. The molecule has 200 valence electrons. The molecule has 1 fully saturated rings. The number of piperazine rings is 1. The highest BCUT2D eigenvalue weighted by Gasteiger charge is 2.32. The molecule has 12 heteroatoms. The normalized spacial score (nSPS) is 16.1. The van der Waals surface area contributed by atoms with Crippen molar-refractivity contribution in [3.8, 4) is 5.75 Å². The van der Waals surface area contributed by atoms with Gasteiger partial charge >= 0.3 is 0 Å². The van der Waals surface area contributed by atoms with E-state index in [0.29, 0.717) is 36.5 Å². The number of nitrogens with zero attached hydrogens (tertiary/aromatic N) is 9. The Kier molecular flexibility index (Phi) is 7.25. The van der Waals surface area contributed by atoms with Crippen LogP contribution in [0.25, 0.3) is 0 Å². The Labute approximate surface area is 222 Å². The molecule has 2 aliphatic rings. The van der Waals surface area contributed by atoms with E-state index in [2.05, 4.69) is 48.8 Å². The van der Waals surface area contributed by atoms with Gasteiger partial charge in [0.25, 0.3) is 5.56 Å². The van der Waals surface area contributed by atoms with Crippen molar-refractivity contribution in [2.24, 2.45) is 0 Å². The van der Waals surface area contributed by atoms with E-state index in [9.17, 15) is 4.79 Å². The van der Waals surface area contributed by atoms with Crippen LogP contribution in [0.3, 0.4) is 0 Å². The molecule has 0 amide bonds. The quantitative estimate of drug-likeness (QED) is 0.445. The summed E-state index contributed by atoms with van der Waals surface area (Å²) in [5.74, 6) is 3.01. The first kappa shape index (κ1) is 25.6. The van der Waals surface area contributed by atoms with Gasteiger partial charge in [-0.2, -0.15) is 4.98 Å². The molecule has 0 aromatic carbocycles. The van der Waals surface area contributed by atoms with Crippen LogP contribution >= 0.6 is 0 Å². The Morgan fingerprint density at radius 2 is 1.95 bits per heavy atom. The maximum atomic E-state index is 12.3. The van der Waals surface area contributed by atoms with Crippen molar-refractivity contribution in [2.45, 2.75) is 26.4 Å². The summed E-state index contributed by atoms with van der Waals surface area (Å²) in [7, 11) is 3.80. The topological polar surface area (TPSA) is 108 Å². The van der Waals surface area contributed by atoms with Gasteiger partial charge < -0.3 is 19.9 Å². The number of ether oxygens (including phenoxy) is 1. The maximum Gasteiger partial charge on any atom is 0.267 e. The molecule has 3 aromatic heterocycles. The fourth-order valence-electron chi connectivity index (χ4n) is 4.66. The van der Waals surface area contributed by atoms with Crippen molar-refractivity contribution < 1.29 is 4.74 Å². The number of hydrogen-bond donors (Lipinski definition) is 1. The third-order valence-corrected chi connectivity index (χ3v) is 6.68. The summed E-state index contributed by atoms with van der Waals surface area (Å²) in [6.45, 7) is 12.8. The lowest BCUT2D eigenvalue weighted by atomic mass is 10.2. The molecule has 0 aliphatic carbocycles. The molecule has 12 nitrogen and oxygen atoms in total. The SMILES string of the molecule is C=CCN1Cc2cnc(Nc3cc(OC)c(N4CCN(C)CC4)cn3)nc2N1c1ccc(=O)n(C(C)C)n1. The minimum atomic E-state index is -0.150. The summed E-state index contributed by atoms with van der Waals surface area (Å²) in [6.07, 6.45) is 5.45. The zero-order chi connectivity index (χ0) is 26.8. The third-order valence-electron chi connectivity index (χ3n) is 6.68. The van der Waals surface area contributed by atoms with Gasteiger partial charge in [0, 0.05) is 63.2 Å². The van der Waals surface area contributed by atoms with E-state index in [4.69, 9.17) is 9.72 Å². The van der Waals surface area contributed by atoms with Crippen LogP contribution in [-0.2, 0) is 6.54 Å². The van der Waals surface area contributed by atoms with Gasteiger partial charge in [0.1, 0.15) is 11.6 Å². The first-order valence-electron chi connectivity index (χ1n) is 12.7. The summed E-state index contributed by atoms with van der Waals surface area (Å²) < 4.78 is 7.17. The van der Waals surface area contributed by atoms with Crippen molar-refractivity contribution in [3.63, 3.8) is 0 Å². The molecule has 0 unspecified atom stereocenters. The van der Waals surface area contributed by atoms with Gasteiger partial charge in [-0.25, -0.2) is 24.7 Å². The fourth-order valence-corrected chi connectivity index (χ4v) is 4.66. The minimum absolute atomic E-state index is 0.0742. The van der Waals surface area contributed by atoms with Crippen LogP contribution in [0.4, 0.5) is 29.1 Å². The Bertz CT molecular complexity index is 1370. The average Bonchev–Trinajstić information content (AvgIpc) is 3.27.